The minimum atomic E-state index is -0.0585. The molecule has 5 nitrogen and oxygen atoms in total. The Labute approximate surface area is 124 Å². The molecule has 0 heterocycles. The summed E-state index contributed by atoms with van der Waals surface area (Å²) in [6.07, 6.45) is 3.40. The van der Waals surface area contributed by atoms with Crippen LogP contribution in [0.4, 0.5) is 5.69 Å². The molecule has 4 atom stereocenters. The van der Waals surface area contributed by atoms with E-state index in [0.717, 1.165) is 12.8 Å². The first-order valence-corrected chi connectivity index (χ1v) is 7.42. The number of nitrogens with one attached hydrogen (secondary N) is 1. The third-order valence-electron chi connectivity index (χ3n) is 4.93. The molecule has 2 aliphatic rings. The van der Waals surface area contributed by atoms with Crippen molar-refractivity contribution in [3.05, 3.63) is 18.2 Å². The number of anilines is 1. The number of benzene rings is 1. The summed E-state index contributed by atoms with van der Waals surface area (Å²) in [7, 11) is 3.17. The SMILES string of the molecule is COc1ccc(NC(=O)C2C3CCC(C3)C2N)cc1OC. The van der Waals surface area contributed by atoms with E-state index in [1.165, 1.54) is 6.42 Å². The van der Waals surface area contributed by atoms with Crippen LogP contribution < -0.4 is 20.5 Å². The molecule has 0 radical (unpaired) electrons. The molecule has 2 bridgehead atoms. The number of fused-ring (bicyclic) bond motifs is 2. The summed E-state index contributed by atoms with van der Waals surface area (Å²) >= 11 is 0. The van der Waals surface area contributed by atoms with Crippen LogP contribution in [0.25, 0.3) is 0 Å². The number of carbonyl (C=O) groups is 1. The Morgan fingerprint density at radius 1 is 1.19 bits per heavy atom. The molecular formula is C16H22N2O3. The molecule has 2 saturated carbocycles. The van der Waals surface area contributed by atoms with E-state index in [-0.39, 0.29) is 17.9 Å². The van der Waals surface area contributed by atoms with Crippen LogP contribution in [0.15, 0.2) is 18.2 Å². The quantitative estimate of drug-likeness (QED) is 0.889. The Hall–Kier alpha value is -1.75. The van der Waals surface area contributed by atoms with Crippen LogP contribution >= 0.6 is 0 Å². The molecule has 4 unspecified atom stereocenters. The van der Waals surface area contributed by atoms with Gasteiger partial charge in [0.15, 0.2) is 11.5 Å². The smallest absolute Gasteiger partial charge is 0.229 e. The maximum absolute atomic E-state index is 12.5. The number of amides is 1. The number of ether oxygens (including phenoxy) is 2. The summed E-state index contributed by atoms with van der Waals surface area (Å²) in [4.78, 5) is 12.5. The lowest BCUT2D eigenvalue weighted by atomic mass is 9.84. The second-order valence-electron chi connectivity index (χ2n) is 6.00. The van der Waals surface area contributed by atoms with E-state index in [9.17, 15) is 4.79 Å². The van der Waals surface area contributed by atoms with Crippen LogP contribution in [-0.2, 0) is 4.79 Å². The Morgan fingerprint density at radius 2 is 1.90 bits per heavy atom. The fourth-order valence-corrected chi connectivity index (χ4v) is 3.86. The van der Waals surface area contributed by atoms with Gasteiger partial charge in [0, 0.05) is 17.8 Å². The van der Waals surface area contributed by atoms with E-state index < -0.39 is 0 Å². The fourth-order valence-electron chi connectivity index (χ4n) is 3.86. The number of methoxy groups -OCH3 is 2. The average Bonchev–Trinajstić information content (AvgIpc) is 3.07. The molecule has 0 saturated heterocycles. The molecule has 21 heavy (non-hydrogen) atoms. The van der Waals surface area contributed by atoms with Crippen LogP contribution in [0.2, 0.25) is 0 Å². The Bertz CT molecular complexity index is 544. The van der Waals surface area contributed by atoms with Crippen LogP contribution in [-0.4, -0.2) is 26.2 Å². The molecule has 2 aliphatic carbocycles. The zero-order chi connectivity index (χ0) is 15.0. The lowest BCUT2D eigenvalue weighted by molar-refractivity contribution is -0.121. The minimum absolute atomic E-state index is 0.00361. The maximum atomic E-state index is 12.5. The van der Waals surface area contributed by atoms with E-state index in [4.69, 9.17) is 15.2 Å². The van der Waals surface area contributed by atoms with E-state index in [1.807, 2.05) is 6.07 Å². The van der Waals surface area contributed by atoms with Crippen molar-refractivity contribution in [2.75, 3.05) is 19.5 Å². The van der Waals surface area contributed by atoms with Gasteiger partial charge >= 0.3 is 0 Å². The molecule has 1 aromatic carbocycles. The summed E-state index contributed by atoms with van der Waals surface area (Å²) in [6.45, 7) is 0. The van der Waals surface area contributed by atoms with Crippen molar-refractivity contribution in [2.24, 2.45) is 23.5 Å². The van der Waals surface area contributed by atoms with Crippen molar-refractivity contribution >= 4 is 11.6 Å². The third-order valence-corrected chi connectivity index (χ3v) is 4.93. The van der Waals surface area contributed by atoms with E-state index in [0.29, 0.717) is 29.0 Å². The predicted octanol–water partition coefficient (Wildman–Crippen LogP) is 2.02. The highest BCUT2D eigenvalue weighted by Gasteiger charge is 2.49. The fraction of sp³-hybridized carbons (Fsp3) is 0.562. The van der Waals surface area contributed by atoms with Crippen molar-refractivity contribution in [1.29, 1.82) is 0 Å². The number of carbonyl (C=O) groups excluding carboxylic acids is 1. The monoisotopic (exact) mass is 290 g/mol. The molecule has 3 rings (SSSR count). The molecule has 0 aliphatic heterocycles. The number of hydrogen-bond acceptors (Lipinski definition) is 4. The molecule has 0 aromatic heterocycles. The van der Waals surface area contributed by atoms with Crippen molar-refractivity contribution in [1.82, 2.24) is 0 Å². The van der Waals surface area contributed by atoms with Crippen LogP contribution in [0, 0.1) is 17.8 Å². The predicted molar refractivity (Wildman–Crippen MR) is 80.5 cm³/mol. The van der Waals surface area contributed by atoms with Gasteiger partial charge in [0.05, 0.1) is 20.1 Å². The van der Waals surface area contributed by atoms with Crippen molar-refractivity contribution in [3.8, 4) is 11.5 Å². The first-order chi connectivity index (χ1) is 10.1. The van der Waals surface area contributed by atoms with Crippen LogP contribution in [0.5, 0.6) is 11.5 Å². The second-order valence-corrected chi connectivity index (χ2v) is 6.00. The Balaban J connectivity index is 1.73. The first-order valence-electron chi connectivity index (χ1n) is 7.42. The number of hydrogen-bond donors (Lipinski definition) is 2. The van der Waals surface area contributed by atoms with Gasteiger partial charge in [-0.1, -0.05) is 0 Å². The summed E-state index contributed by atoms with van der Waals surface area (Å²) in [5, 5.41) is 2.97. The molecule has 1 aromatic rings. The Morgan fingerprint density at radius 3 is 2.52 bits per heavy atom. The summed E-state index contributed by atoms with van der Waals surface area (Å²) in [5.41, 5.74) is 6.93. The standard InChI is InChI=1S/C16H22N2O3/c1-20-12-6-5-11(8-13(12)21-2)18-16(19)14-9-3-4-10(7-9)15(14)17/h5-6,8-10,14-15H,3-4,7,17H2,1-2H3,(H,18,19). The summed E-state index contributed by atoms with van der Waals surface area (Å²) in [5.74, 6) is 2.19. The zero-order valence-corrected chi connectivity index (χ0v) is 12.5. The highest BCUT2D eigenvalue weighted by atomic mass is 16.5. The van der Waals surface area contributed by atoms with E-state index in [1.54, 1.807) is 26.4 Å². The van der Waals surface area contributed by atoms with Crippen molar-refractivity contribution in [3.63, 3.8) is 0 Å². The number of nitrogens with two attached hydrogens (primary N) is 1. The van der Waals surface area contributed by atoms with Gasteiger partial charge in [-0.2, -0.15) is 0 Å². The minimum Gasteiger partial charge on any atom is -0.493 e. The number of rotatable bonds is 4. The lowest BCUT2D eigenvalue weighted by Gasteiger charge is -2.27. The van der Waals surface area contributed by atoms with Gasteiger partial charge in [0.2, 0.25) is 5.91 Å². The third kappa shape index (κ3) is 2.46. The molecule has 0 spiro atoms. The van der Waals surface area contributed by atoms with Gasteiger partial charge in [0.25, 0.3) is 0 Å². The van der Waals surface area contributed by atoms with Gasteiger partial charge in [0.1, 0.15) is 0 Å². The van der Waals surface area contributed by atoms with Gasteiger partial charge in [-0.05, 0) is 43.2 Å². The van der Waals surface area contributed by atoms with Crippen LogP contribution in [0.3, 0.4) is 0 Å². The molecule has 1 amide bonds. The Kier molecular flexibility index (Phi) is 3.76. The highest BCUT2D eigenvalue weighted by Crippen LogP contribution is 2.48. The summed E-state index contributed by atoms with van der Waals surface area (Å²) < 4.78 is 10.4. The molecular weight excluding hydrogens is 268 g/mol. The normalized spacial score (nSPS) is 30.2. The highest BCUT2D eigenvalue weighted by molar-refractivity contribution is 5.94. The zero-order valence-electron chi connectivity index (χ0n) is 12.5. The maximum Gasteiger partial charge on any atom is 0.229 e. The lowest BCUT2D eigenvalue weighted by Crippen LogP contribution is -2.42. The van der Waals surface area contributed by atoms with Crippen LogP contribution in [0.1, 0.15) is 19.3 Å². The molecule has 2 fully saturated rings. The van der Waals surface area contributed by atoms with Gasteiger partial charge in [-0.15, -0.1) is 0 Å². The topological polar surface area (TPSA) is 73.6 Å². The molecule has 5 heteroatoms. The van der Waals surface area contributed by atoms with Gasteiger partial charge in [-0.25, -0.2) is 0 Å². The molecule has 3 N–H and O–H groups in total. The summed E-state index contributed by atoms with van der Waals surface area (Å²) in [6, 6.07) is 5.38. The first kappa shape index (κ1) is 14.2. The van der Waals surface area contributed by atoms with Crippen molar-refractivity contribution < 1.29 is 14.3 Å². The van der Waals surface area contributed by atoms with Gasteiger partial charge in [-0.3, -0.25) is 4.79 Å². The van der Waals surface area contributed by atoms with E-state index in [2.05, 4.69) is 5.32 Å². The largest absolute Gasteiger partial charge is 0.493 e. The second kappa shape index (κ2) is 5.56. The molecule has 114 valence electrons. The van der Waals surface area contributed by atoms with E-state index >= 15 is 0 Å². The average molecular weight is 290 g/mol. The van der Waals surface area contributed by atoms with Gasteiger partial charge < -0.3 is 20.5 Å². The van der Waals surface area contributed by atoms with Crippen molar-refractivity contribution in [2.45, 2.75) is 25.3 Å².